The second-order valence-corrected chi connectivity index (χ2v) is 5.96. The van der Waals surface area contributed by atoms with Crippen molar-refractivity contribution in [2.45, 2.75) is 39.3 Å². The van der Waals surface area contributed by atoms with Gasteiger partial charge in [0.15, 0.2) is 0 Å². The fraction of sp³-hybridized carbons (Fsp3) is 0.917. The van der Waals surface area contributed by atoms with E-state index in [0.717, 1.165) is 19.6 Å². The van der Waals surface area contributed by atoms with Crippen LogP contribution in [0.5, 0.6) is 0 Å². The minimum atomic E-state index is -0.396. The third kappa shape index (κ3) is 2.17. The molecule has 4 heteroatoms. The Morgan fingerprint density at radius 1 is 1.38 bits per heavy atom. The lowest BCUT2D eigenvalue weighted by atomic mass is 9.95. The van der Waals surface area contributed by atoms with Crippen molar-refractivity contribution in [3.8, 4) is 0 Å². The molecule has 0 saturated carbocycles. The number of nitrogens with one attached hydrogen (secondary N) is 1. The number of amides is 1. The summed E-state index contributed by atoms with van der Waals surface area (Å²) in [6, 6.07) is 0.301. The molecule has 1 N–H and O–H groups in total. The van der Waals surface area contributed by atoms with Gasteiger partial charge in [0.05, 0.1) is 0 Å². The second-order valence-electron chi connectivity index (χ2n) is 5.96. The number of ether oxygens (including phenoxy) is 1. The van der Waals surface area contributed by atoms with Crippen LogP contribution in [-0.4, -0.2) is 42.3 Å². The van der Waals surface area contributed by atoms with Gasteiger partial charge < -0.3 is 15.0 Å². The highest BCUT2D eigenvalue weighted by Crippen LogP contribution is 2.33. The zero-order chi connectivity index (χ0) is 11.9. The van der Waals surface area contributed by atoms with E-state index in [0.29, 0.717) is 17.9 Å². The molecule has 2 saturated heterocycles. The van der Waals surface area contributed by atoms with Crippen LogP contribution in [0, 0.1) is 11.8 Å². The predicted octanol–water partition coefficient (Wildman–Crippen LogP) is 1.46. The average Bonchev–Trinajstić information content (AvgIpc) is 2.66. The first-order chi connectivity index (χ1) is 7.38. The lowest BCUT2D eigenvalue weighted by Crippen LogP contribution is -2.41. The molecule has 0 aromatic heterocycles. The Balaban J connectivity index is 1.99. The van der Waals surface area contributed by atoms with Gasteiger partial charge in [-0.25, -0.2) is 4.79 Å². The van der Waals surface area contributed by atoms with Crippen LogP contribution in [0.25, 0.3) is 0 Å². The molecule has 92 valence electrons. The summed E-state index contributed by atoms with van der Waals surface area (Å²) in [6.45, 7) is 10.8. The van der Waals surface area contributed by atoms with E-state index < -0.39 is 5.60 Å². The molecule has 0 aliphatic carbocycles. The van der Waals surface area contributed by atoms with Crippen molar-refractivity contribution in [1.82, 2.24) is 10.2 Å². The van der Waals surface area contributed by atoms with Gasteiger partial charge in [-0.05, 0) is 39.5 Å². The molecule has 4 nitrogen and oxygen atoms in total. The van der Waals surface area contributed by atoms with Crippen LogP contribution in [0.1, 0.15) is 27.7 Å². The maximum atomic E-state index is 12.0. The number of likely N-dealkylation sites (tertiary alicyclic amines) is 1. The quantitative estimate of drug-likeness (QED) is 0.680. The van der Waals surface area contributed by atoms with Gasteiger partial charge in [-0.1, -0.05) is 0 Å². The van der Waals surface area contributed by atoms with Crippen LogP contribution in [0.15, 0.2) is 0 Å². The maximum absolute atomic E-state index is 12.0. The van der Waals surface area contributed by atoms with Gasteiger partial charge in [0, 0.05) is 25.7 Å². The third-order valence-corrected chi connectivity index (χ3v) is 3.56. The largest absolute Gasteiger partial charge is 0.444 e. The minimum Gasteiger partial charge on any atom is -0.444 e. The van der Waals surface area contributed by atoms with Crippen molar-refractivity contribution >= 4 is 6.09 Å². The standard InChI is InChI=1S/C12H22N2O2/c1-8-10-6-13-5-9(10)7-14(8)11(15)16-12(2,3)4/h8-10,13H,5-7H2,1-4H3/t8-,9+,10-/m1/s1. The molecular weight excluding hydrogens is 204 g/mol. The number of fused-ring (bicyclic) bond motifs is 1. The number of carbonyl (C=O) groups is 1. The molecule has 1 amide bonds. The van der Waals surface area contributed by atoms with Crippen molar-refractivity contribution in [2.24, 2.45) is 11.8 Å². The first kappa shape index (κ1) is 11.7. The van der Waals surface area contributed by atoms with Gasteiger partial charge in [-0.3, -0.25) is 0 Å². The Bertz CT molecular complexity index is 285. The monoisotopic (exact) mass is 226 g/mol. The Kier molecular flexibility index (Phi) is 2.86. The van der Waals surface area contributed by atoms with Crippen molar-refractivity contribution in [3.05, 3.63) is 0 Å². The van der Waals surface area contributed by atoms with Crippen LogP contribution in [-0.2, 0) is 4.74 Å². The van der Waals surface area contributed by atoms with E-state index in [1.54, 1.807) is 0 Å². The number of hydrogen-bond acceptors (Lipinski definition) is 3. The van der Waals surface area contributed by atoms with E-state index in [4.69, 9.17) is 4.74 Å². The highest BCUT2D eigenvalue weighted by Gasteiger charge is 2.44. The summed E-state index contributed by atoms with van der Waals surface area (Å²) in [4.78, 5) is 13.9. The van der Waals surface area contributed by atoms with E-state index in [2.05, 4.69) is 12.2 Å². The van der Waals surface area contributed by atoms with Crippen LogP contribution in [0.4, 0.5) is 4.79 Å². The second kappa shape index (κ2) is 3.91. The summed E-state index contributed by atoms with van der Waals surface area (Å²) in [7, 11) is 0. The molecule has 0 spiro atoms. The summed E-state index contributed by atoms with van der Waals surface area (Å²) < 4.78 is 5.42. The Morgan fingerprint density at radius 3 is 2.62 bits per heavy atom. The smallest absolute Gasteiger partial charge is 0.410 e. The molecule has 2 aliphatic heterocycles. The number of carbonyl (C=O) groups excluding carboxylic acids is 1. The van der Waals surface area contributed by atoms with Crippen LogP contribution < -0.4 is 5.32 Å². The topological polar surface area (TPSA) is 41.6 Å². The molecule has 16 heavy (non-hydrogen) atoms. The number of nitrogens with zero attached hydrogens (tertiary/aromatic N) is 1. The van der Waals surface area contributed by atoms with E-state index in [1.165, 1.54) is 0 Å². The SMILES string of the molecule is C[C@@H]1[C@H]2CNC[C@H]2CN1C(=O)OC(C)(C)C. The highest BCUT2D eigenvalue weighted by molar-refractivity contribution is 5.69. The van der Waals surface area contributed by atoms with Gasteiger partial charge in [0.25, 0.3) is 0 Å². The summed E-state index contributed by atoms with van der Waals surface area (Å²) in [6.07, 6.45) is -0.158. The number of hydrogen-bond donors (Lipinski definition) is 1. The number of rotatable bonds is 0. The van der Waals surface area contributed by atoms with Gasteiger partial charge in [0.1, 0.15) is 5.60 Å². The molecule has 2 aliphatic rings. The maximum Gasteiger partial charge on any atom is 0.410 e. The Hall–Kier alpha value is -0.770. The molecule has 2 heterocycles. The van der Waals surface area contributed by atoms with Crippen LogP contribution in [0.2, 0.25) is 0 Å². The van der Waals surface area contributed by atoms with Crippen molar-refractivity contribution in [1.29, 1.82) is 0 Å². The molecule has 0 bridgehead atoms. The molecule has 2 fully saturated rings. The summed E-state index contributed by atoms with van der Waals surface area (Å²) >= 11 is 0. The van der Waals surface area contributed by atoms with E-state index in [-0.39, 0.29) is 6.09 Å². The summed E-state index contributed by atoms with van der Waals surface area (Å²) in [5, 5.41) is 3.38. The fourth-order valence-electron chi connectivity index (χ4n) is 2.73. The zero-order valence-electron chi connectivity index (χ0n) is 10.6. The molecule has 2 rings (SSSR count). The normalized spacial score (nSPS) is 34.0. The van der Waals surface area contributed by atoms with Gasteiger partial charge in [-0.2, -0.15) is 0 Å². The molecule has 3 atom stereocenters. The zero-order valence-corrected chi connectivity index (χ0v) is 10.6. The predicted molar refractivity (Wildman–Crippen MR) is 62.3 cm³/mol. The minimum absolute atomic E-state index is 0.158. The van der Waals surface area contributed by atoms with Gasteiger partial charge in [0.2, 0.25) is 0 Å². The average molecular weight is 226 g/mol. The highest BCUT2D eigenvalue weighted by atomic mass is 16.6. The third-order valence-electron chi connectivity index (χ3n) is 3.56. The molecule has 0 aromatic carbocycles. The first-order valence-corrected chi connectivity index (χ1v) is 6.09. The van der Waals surface area contributed by atoms with E-state index in [9.17, 15) is 4.79 Å². The lowest BCUT2D eigenvalue weighted by molar-refractivity contribution is 0.0218. The lowest BCUT2D eigenvalue weighted by Gasteiger charge is -2.28. The summed E-state index contributed by atoms with van der Waals surface area (Å²) in [5.41, 5.74) is -0.396. The van der Waals surface area contributed by atoms with E-state index in [1.807, 2.05) is 25.7 Å². The van der Waals surface area contributed by atoms with Crippen LogP contribution in [0.3, 0.4) is 0 Å². The molecule has 0 aromatic rings. The van der Waals surface area contributed by atoms with Crippen molar-refractivity contribution < 1.29 is 9.53 Å². The fourth-order valence-corrected chi connectivity index (χ4v) is 2.73. The van der Waals surface area contributed by atoms with E-state index >= 15 is 0 Å². The molecule has 0 radical (unpaired) electrons. The van der Waals surface area contributed by atoms with Crippen molar-refractivity contribution in [2.75, 3.05) is 19.6 Å². The van der Waals surface area contributed by atoms with Gasteiger partial charge >= 0.3 is 6.09 Å². The first-order valence-electron chi connectivity index (χ1n) is 6.09. The summed E-state index contributed by atoms with van der Waals surface area (Å²) in [5.74, 6) is 1.22. The van der Waals surface area contributed by atoms with Crippen LogP contribution >= 0.6 is 0 Å². The van der Waals surface area contributed by atoms with Gasteiger partial charge in [-0.15, -0.1) is 0 Å². The Morgan fingerprint density at radius 2 is 2.06 bits per heavy atom. The van der Waals surface area contributed by atoms with Crippen molar-refractivity contribution in [3.63, 3.8) is 0 Å². The molecule has 0 unspecified atom stereocenters. The molecular formula is C12H22N2O2. The Labute approximate surface area is 97.3 Å².